The lowest BCUT2D eigenvalue weighted by atomic mass is 10.1. The maximum atomic E-state index is 11.4. The van der Waals surface area contributed by atoms with E-state index in [9.17, 15) is 4.79 Å². The minimum absolute atomic E-state index is 0.0828. The monoisotopic (exact) mass is 347 g/mol. The Morgan fingerprint density at radius 1 is 1.08 bits per heavy atom. The van der Waals surface area contributed by atoms with E-state index < -0.39 is 0 Å². The average molecular weight is 347 g/mol. The average Bonchev–Trinajstić information content (AvgIpc) is 3.19. The van der Waals surface area contributed by atoms with Gasteiger partial charge in [0.25, 0.3) is 5.89 Å². The molecule has 0 unspecified atom stereocenters. The third-order valence-corrected chi connectivity index (χ3v) is 4.28. The van der Waals surface area contributed by atoms with Gasteiger partial charge in [0.15, 0.2) is 0 Å². The number of rotatable bonds is 3. The molecule has 0 aliphatic carbocycles. The van der Waals surface area contributed by atoms with Crippen molar-refractivity contribution in [1.82, 2.24) is 25.1 Å². The Morgan fingerprint density at radius 3 is 2.58 bits per heavy atom. The number of hydrogen-bond acceptors (Lipinski definition) is 6. The second kappa shape index (κ2) is 6.87. The topological polar surface area (TPSA) is 85.0 Å². The van der Waals surface area contributed by atoms with Gasteiger partial charge in [0.1, 0.15) is 5.69 Å². The first-order valence-corrected chi connectivity index (χ1v) is 8.37. The van der Waals surface area contributed by atoms with Crippen LogP contribution in [0.5, 0.6) is 0 Å². The number of carbonyl (C=O) groups excluding carboxylic acids is 1. The summed E-state index contributed by atoms with van der Waals surface area (Å²) in [6.45, 7) is 2.86. The Bertz CT molecular complexity index is 965. The maximum Gasteiger partial charge on any atom is 0.268 e. The number of hydrogen-bond donors (Lipinski definition) is 0. The molecular weight excluding hydrogens is 330 g/mol. The van der Waals surface area contributed by atoms with Gasteiger partial charge in [0, 0.05) is 25.6 Å². The molecule has 1 aliphatic rings. The molecule has 7 heteroatoms. The first-order chi connectivity index (χ1) is 12.7. The molecule has 2 aromatic heterocycles. The molecule has 1 aliphatic heterocycles. The molecule has 0 N–H and O–H groups in total. The molecule has 0 fully saturated rings. The van der Waals surface area contributed by atoms with Crippen LogP contribution in [0.2, 0.25) is 0 Å². The van der Waals surface area contributed by atoms with Crippen LogP contribution in [0.3, 0.4) is 0 Å². The molecular formula is C19H17N5O2. The van der Waals surface area contributed by atoms with Gasteiger partial charge in [-0.1, -0.05) is 24.3 Å². The fourth-order valence-corrected chi connectivity index (χ4v) is 2.84. The third kappa shape index (κ3) is 3.23. The van der Waals surface area contributed by atoms with E-state index >= 15 is 0 Å². The minimum Gasteiger partial charge on any atom is -0.415 e. The van der Waals surface area contributed by atoms with Crippen LogP contribution >= 0.6 is 0 Å². The Labute approximate surface area is 150 Å². The predicted octanol–water partition coefficient (Wildman–Crippen LogP) is 2.83. The Hall–Kier alpha value is -3.35. The van der Waals surface area contributed by atoms with Gasteiger partial charge in [-0.15, -0.1) is 10.2 Å². The van der Waals surface area contributed by atoms with E-state index in [0.717, 1.165) is 23.3 Å². The highest BCUT2D eigenvalue weighted by atomic mass is 16.4. The van der Waals surface area contributed by atoms with Crippen LogP contribution in [0, 0.1) is 0 Å². The number of aromatic nitrogens is 4. The molecule has 3 heterocycles. The van der Waals surface area contributed by atoms with E-state index in [0.29, 0.717) is 30.6 Å². The summed E-state index contributed by atoms with van der Waals surface area (Å²) in [5.74, 6) is 0.862. The van der Waals surface area contributed by atoms with E-state index in [1.807, 2.05) is 36.4 Å². The second-order valence-corrected chi connectivity index (χ2v) is 6.01. The lowest BCUT2D eigenvalue weighted by Gasteiger charge is -2.24. The van der Waals surface area contributed by atoms with E-state index in [1.165, 1.54) is 0 Å². The zero-order valence-electron chi connectivity index (χ0n) is 14.3. The summed E-state index contributed by atoms with van der Waals surface area (Å²) in [6.07, 6.45) is 6.09. The molecule has 0 saturated heterocycles. The van der Waals surface area contributed by atoms with Gasteiger partial charge in [-0.05, 0) is 24.1 Å². The van der Waals surface area contributed by atoms with Crippen molar-refractivity contribution in [3.05, 3.63) is 54.5 Å². The highest BCUT2D eigenvalue weighted by Gasteiger charge is 2.17. The third-order valence-electron chi connectivity index (χ3n) is 4.28. The summed E-state index contributed by atoms with van der Waals surface area (Å²) in [5.41, 5.74) is 3.23. The number of amides is 1. The largest absolute Gasteiger partial charge is 0.415 e. The Balaban J connectivity index is 1.59. The normalized spacial score (nSPS) is 14.2. The van der Waals surface area contributed by atoms with Gasteiger partial charge in [-0.2, -0.15) is 0 Å². The number of carbonyl (C=O) groups is 1. The smallest absolute Gasteiger partial charge is 0.268 e. The van der Waals surface area contributed by atoms with E-state index in [-0.39, 0.29) is 5.91 Å². The molecule has 0 bridgehead atoms. The maximum absolute atomic E-state index is 11.4. The molecule has 1 amide bonds. The van der Waals surface area contributed by atoms with Gasteiger partial charge < -0.3 is 9.32 Å². The molecule has 3 aromatic rings. The minimum atomic E-state index is 0.0828. The molecule has 4 rings (SSSR count). The van der Waals surface area contributed by atoms with Crippen molar-refractivity contribution in [2.45, 2.75) is 13.3 Å². The van der Waals surface area contributed by atoms with Gasteiger partial charge in [0.2, 0.25) is 11.8 Å². The van der Waals surface area contributed by atoms with Crippen LogP contribution in [-0.2, 0) is 4.79 Å². The number of benzene rings is 1. The summed E-state index contributed by atoms with van der Waals surface area (Å²) in [7, 11) is 0. The van der Waals surface area contributed by atoms with E-state index in [1.54, 1.807) is 24.2 Å². The summed E-state index contributed by atoms with van der Waals surface area (Å²) in [5, 5.41) is 8.18. The molecule has 26 heavy (non-hydrogen) atoms. The first-order valence-electron chi connectivity index (χ1n) is 8.37. The molecule has 0 spiro atoms. The molecule has 130 valence electrons. The van der Waals surface area contributed by atoms with Gasteiger partial charge in [-0.3, -0.25) is 9.78 Å². The van der Waals surface area contributed by atoms with Gasteiger partial charge >= 0.3 is 0 Å². The van der Waals surface area contributed by atoms with Crippen molar-refractivity contribution in [1.29, 1.82) is 0 Å². The zero-order chi connectivity index (χ0) is 17.9. The summed E-state index contributed by atoms with van der Waals surface area (Å²) < 4.78 is 5.75. The van der Waals surface area contributed by atoms with Crippen molar-refractivity contribution in [2.75, 3.05) is 13.1 Å². The van der Waals surface area contributed by atoms with Gasteiger partial charge in [-0.25, -0.2) is 4.98 Å². The summed E-state index contributed by atoms with van der Waals surface area (Å²) in [6, 6.07) is 9.58. The fourth-order valence-electron chi connectivity index (χ4n) is 2.84. The molecule has 0 radical (unpaired) electrons. The van der Waals surface area contributed by atoms with Crippen molar-refractivity contribution < 1.29 is 9.21 Å². The molecule has 0 saturated carbocycles. The van der Waals surface area contributed by atoms with Crippen molar-refractivity contribution in [3.8, 4) is 23.0 Å². The van der Waals surface area contributed by atoms with Crippen molar-refractivity contribution >= 4 is 11.5 Å². The van der Waals surface area contributed by atoms with Crippen LogP contribution in [0.4, 0.5) is 0 Å². The molecule has 0 atom stereocenters. The summed E-state index contributed by atoms with van der Waals surface area (Å²) >= 11 is 0. The van der Waals surface area contributed by atoms with Crippen molar-refractivity contribution in [3.63, 3.8) is 0 Å². The van der Waals surface area contributed by atoms with Crippen LogP contribution in [0.1, 0.15) is 19.0 Å². The Morgan fingerprint density at radius 2 is 1.85 bits per heavy atom. The van der Waals surface area contributed by atoms with E-state index in [2.05, 4.69) is 20.2 Å². The first kappa shape index (κ1) is 16.1. The van der Waals surface area contributed by atoms with Crippen molar-refractivity contribution in [2.24, 2.45) is 0 Å². The standard InChI is InChI=1S/C19H17N5O2/c1-13(25)24-9-7-14(8-10-24)16-11-20-12-17(21-16)19-23-22-18(26-19)15-5-3-2-4-6-15/h2-7,11-12H,8-10H2,1H3. The highest BCUT2D eigenvalue weighted by molar-refractivity contribution is 5.75. The summed E-state index contributed by atoms with van der Waals surface area (Å²) in [4.78, 5) is 22.1. The number of nitrogens with zero attached hydrogens (tertiary/aromatic N) is 5. The highest BCUT2D eigenvalue weighted by Crippen LogP contribution is 2.25. The quantitative estimate of drug-likeness (QED) is 0.724. The lowest BCUT2D eigenvalue weighted by molar-refractivity contribution is -0.128. The lowest BCUT2D eigenvalue weighted by Crippen LogP contribution is -2.32. The Kier molecular flexibility index (Phi) is 4.27. The van der Waals surface area contributed by atoms with Crippen LogP contribution in [0.15, 0.2) is 53.2 Å². The molecule has 7 nitrogen and oxygen atoms in total. The predicted molar refractivity (Wildman–Crippen MR) is 95.6 cm³/mol. The zero-order valence-corrected chi connectivity index (χ0v) is 14.3. The molecule has 1 aromatic carbocycles. The van der Waals surface area contributed by atoms with Crippen LogP contribution in [-0.4, -0.2) is 44.1 Å². The van der Waals surface area contributed by atoms with Crippen LogP contribution < -0.4 is 0 Å². The second-order valence-electron chi connectivity index (χ2n) is 6.01. The fraction of sp³-hybridized carbons (Fsp3) is 0.211. The van der Waals surface area contributed by atoms with Gasteiger partial charge in [0.05, 0.1) is 18.1 Å². The van der Waals surface area contributed by atoms with E-state index in [4.69, 9.17) is 4.42 Å². The van der Waals surface area contributed by atoms with Crippen LogP contribution in [0.25, 0.3) is 28.6 Å². The SMILES string of the molecule is CC(=O)N1CC=C(c2cncc(-c3nnc(-c4ccccc4)o3)n2)CC1.